The molecule has 0 saturated heterocycles. The number of rotatable bonds is 7. The lowest BCUT2D eigenvalue weighted by Crippen LogP contribution is -2.14. The summed E-state index contributed by atoms with van der Waals surface area (Å²) in [5.41, 5.74) is 2.80. The molecule has 1 fully saturated rings. The highest BCUT2D eigenvalue weighted by atomic mass is 16.5. The number of carbonyl (C=O) groups excluding carboxylic acids is 1. The van der Waals surface area contributed by atoms with Gasteiger partial charge in [-0.2, -0.15) is 10.2 Å². The second kappa shape index (κ2) is 8.10. The van der Waals surface area contributed by atoms with Crippen molar-refractivity contribution in [3.05, 3.63) is 41.2 Å². The predicted octanol–water partition coefficient (Wildman–Crippen LogP) is 3.45. The van der Waals surface area contributed by atoms with Crippen LogP contribution >= 0.6 is 0 Å². The lowest BCUT2D eigenvalue weighted by atomic mass is 10.0. The molecule has 0 spiro atoms. The molecule has 29 heavy (non-hydrogen) atoms. The average Bonchev–Trinajstić information content (AvgIpc) is 3.43. The molecule has 1 aliphatic carbocycles. The molecule has 3 aromatic heterocycles. The van der Waals surface area contributed by atoms with Gasteiger partial charge in [-0.3, -0.25) is 15.0 Å². The number of amides is 1. The molecule has 4 rings (SSSR count). The molecule has 1 aliphatic rings. The lowest BCUT2D eigenvalue weighted by Gasteiger charge is -2.14. The van der Waals surface area contributed by atoms with Crippen molar-refractivity contribution in [3.8, 4) is 5.75 Å². The highest BCUT2D eigenvalue weighted by molar-refractivity contribution is 5.91. The Balaban J connectivity index is 1.31. The number of aromatic amines is 2. The van der Waals surface area contributed by atoms with Crippen LogP contribution in [0.3, 0.4) is 0 Å². The van der Waals surface area contributed by atoms with Crippen molar-refractivity contribution < 1.29 is 14.1 Å². The van der Waals surface area contributed by atoms with E-state index < -0.39 is 0 Å². The van der Waals surface area contributed by atoms with Crippen molar-refractivity contribution >= 4 is 11.7 Å². The first-order chi connectivity index (χ1) is 14.0. The molecule has 0 bridgehead atoms. The minimum Gasteiger partial charge on any atom is -0.487 e. The second-order valence-electron chi connectivity index (χ2n) is 7.92. The summed E-state index contributed by atoms with van der Waals surface area (Å²) in [6.07, 6.45) is 4.90. The number of nitrogens with zero attached hydrogens (tertiary/aromatic N) is 3. The van der Waals surface area contributed by atoms with Gasteiger partial charge in [-0.25, -0.2) is 0 Å². The summed E-state index contributed by atoms with van der Waals surface area (Å²) >= 11 is 0. The quantitative estimate of drug-likeness (QED) is 0.560. The van der Waals surface area contributed by atoms with Gasteiger partial charge in [0, 0.05) is 23.7 Å². The minimum atomic E-state index is -0.187. The maximum absolute atomic E-state index is 12.2. The lowest BCUT2D eigenvalue weighted by molar-refractivity contribution is -0.115. The number of anilines is 1. The third-order valence-corrected chi connectivity index (χ3v) is 5.20. The maximum Gasteiger partial charge on any atom is 0.233 e. The fourth-order valence-electron chi connectivity index (χ4n) is 3.76. The monoisotopic (exact) mass is 398 g/mol. The van der Waals surface area contributed by atoms with Gasteiger partial charge in [-0.1, -0.05) is 19.0 Å². The van der Waals surface area contributed by atoms with Crippen molar-refractivity contribution in [1.82, 2.24) is 25.6 Å². The van der Waals surface area contributed by atoms with E-state index in [9.17, 15) is 4.79 Å². The van der Waals surface area contributed by atoms with Crippen LogP contribution < -0.4 is 10.1 Å². The summed E-state index contributed by atoms with van der Waals surface area (Å²) in [6, 6.07) is 3.65. The number of nitrogens with one attached hydrogen (secondary N) is 3. The van der Waals surface area contributed by atoms with Crippen molar-refractivity contribution in [3.63, 3.8) is 0 Å². The van der Waals surface area contributed by atoms with E-state index in [1.54, 1.807) is 12.3 Å². The zero-order valence-electron chi connectivity index (χ0n) is 16.9. The number of H-pyrrole nitrogens is 2. The summed E-state index contributed by atoms with van der Waals surface area (Å²) < 4.78 is 11.3. The molecule has 1 amide bonds. The van der Waals surface area contributed by atoms with E-state index in [4.69, 9.17) is 9.26 Å². The first kappa shape index (κ1) is 19.2. The van der Waals surface area contributed by atoms with Gasteiger partial charge >= 0.3 is 0 Å². The standard InChI is InChI=1S/C20H26N6O3/c1-11(2)20-17(10-21-25-20)28-14-5-4-13(7-14)16-9-18(24-23-16)22-19(27)8-15-6-12(3)26-29-15/h6,9-11,13-14H,4-5,7-8H2,1-3H3,(H,21,25)(H2,22,23,24,27)/t13-,14+/m1/s1. The first-order valence-corrected chi connectivity index (χ1v) is 9.95. The fourth-order valence-corrected chi connectivity index (χ4v) is 3.76. The number of aromatic nitrogens is 5. The Hall–Kier alpha value is -3.10. The van der Waals surface area contributed by atoms with Crippen LogP contribution in [-0.4, -0.2) is 37.6 Å². The van der Waals surface area contributed by atoms with E-state index in [-0.39, 0.29) is 18.4 Å². The summed E-state index contributed by atoms with van der Waals surface area (Å²) in [6.45, 7) is 6.04. The largest absolute Gasteiger partial charge is 0.487 e. The predicted molar refractivity (Wildman–Crippen MR) is 106 cm³/mol. The van der Waals surface area contributed by atoms with Crippen LogP contribution in [0.25, 0.3) is 0 Å². The van der Waals surface area contributed by atoms with Gasteiger partial charge in [0.05, 0.1) is 30.1 Å². The van der Waals surface area contributed by atoms with Crippen molar-refractivity contribution in [2.75, 3.05) is 5.32 Å². The van der Waals surface area contributed by atoms with Gasteiger partial charge in [0.15, 0.2) is 11.6 Å². The Morgan fingerprint density at radius 3 is 2.97 bits per heavy atom. The Morgan fingerprint density at radius 1 is 1.34 bits per heavy atom. The van der Waals surface area contributed by atoms with Gasteiger partial charge in [-0.15, -0.1) is 0 Å². The van der Waals surface area contributed by atoms with Crippen LogP contribution in [-0.2, 0) is 11.2 Å². The van der Waals surface area contributed by atoms with Gasteiger partial charge in [0.25, 0.3) is 0 Å². The summed E-state index contributed by atoms with van der Waals surface area (Å²) in [4.78, 5) is 12.2. The van der Waals surface area contributed by atoms with E-state index in [2.05, 4.69) is 44.7 Å². The Morgan fingerprint density at radius 2 is 2.21 bits per heavy atom. The van der Waals surface area contributed by atoms with Crippen LogP contribution in [0.2, 0.25) is 0 Å². The Kier molecular flexibility index (Phi) is 5.37. The van der Waals surface area contributed by atoms with E-state index in [0.29, 0.717) is 23.4 Å². The van der Waals surface area contributed by atoms with Crippen LogP contribution in [0.15, 0.2) is 22.9 Å². The molecular formula is C20H26N6O3. The molecular weight excluding hydrogens is 372 g/mol. The zero-order chi connectivity index (χ0) is 20.4. The Labute approximate surface area is 168 Å². The smallest absolute Gasteiger partial charge is 0.233 e. The molecule has 2 atom stereocenters. The highest BCUT2D eigenvalue weighted by Gasteiger charge is 2.29. The molecule has 9 heteroatoms. The van der Waals surface area contributed by atoms with E-state index in [1.807, 2.05) is 13.0 Å². The van der Waals surface area contributed by atoms with Gasteiger partial charge in [0.2, 0.25) is 5.91 Å². The molecule has 0 aliphatic heterocycles. The topological polar surface area (TPSA) is 122 Å². The summed E-state index contributed by atoms with van der Waals surface area (Å²) in [5.74, 6) is 2.36. The molecule has 3 N–H and O–H groups in total. The molecule has 0 aromatic carbocycles. The first-order valence-electron chi connectivity index (χ1n) is 9.95. The normalized spacial score (nSPS) is 19.0. The van der Waals surface area contributed by atoms with Crippen LogP contribution in [0, 0.1) is 6.92 Å². The number of aryl methyl sites for hydroxylation is 1. The number of hydrogen-bond donors (Lipinski definition) is 3. The number of hydrogen-bond acceptors (Lipinski definition) is 6. The molecule has 154 valence electrons. The molecule has 0 radical (unpaired) electrons. The third-order valence-electron chi connectivity index (χ3n) is 5.20. The molecule has 9 nitrogen and oxygen atoms in total. The van der Waals surface area contributed by atoms with Crippen molar-refractivity contribution in [1.29, 1.82) is 0 Å². The number of ether oxygens (including phenoxy) is 1. The fraction of sp³-hybridized carbons (Fsp3) is 0.500. The van der Waals surface area contributed by atoms with Crippen LogP contribution in [0.1, 0.15) is 67.8 Å². The van der Waals surface area contributed by atoms with E-state index in [1.165, 1.54) is 0 Å². The van der Waals surface area contributed by atoms with Gasteiger partial charge in [-0.05, 0) is 32.1 Å². The second-order valence-corrected chi connectivity index (χ2v) is 7.92. The average molecular weight is 398 g/mol. The summed E-state index contributed by atoms with van der Waals surface area (Å²) in [7, 11) is 0. The van der Waals surface area contributed by atoms with Gasteiger partial charge in [0.1, 0.15) is 5.76 Å². The van der Waals surface area contributed by atoms with Crippen LogP contribution in [0.5, 0.6) is 5.75 Å². The maximum atomic E-state index is 12.2. The third kappa shape index (κ3) is 4.49. The van der Waals surface area contributed by atoms with Crippen molar-refractivity contribution in [2.45, 2.75) is 64.4 Å². The molecule has 3 heterocycles. The van der Waals surface area contributed by atoms with E-state index >= 15 is 0 Å². The van der Waals surface area contributed by atoms with E-state index in [0.717, 1.165) is 42.1 Å². The van der Waals surface area contributed by atoms with Crippen LogP contribution in [0.4, 0.5) is 5.82 Å². The molecule has 3 aromatic rings. The zero-order valence-corrected chi connectivity index (χ0v) is 16.9. The molecule has 0 unspecified atom stereocenters. The highest BCUT2D eigenvalue weighted by Crippen LogP contribution is 2.37. The minimum absolute atomic E-state index is 0.130. The van der Waals surface area contributed by atoms with Crippen molar-refractivity contribution in [2.24, 2.45) is 0 Å². The molecule has 1 saturated carbocycles. The Bertz CT molecular complexity index is 972. The van der Waals surface area contributed by atoms with Gasteiger partial charge < -0.3 is 14.6 Å². The number of carbonyl (C=O) groups is 1. The SMILES string of the molecule is Cc1cc(CC(=O)Nc2cc([C@@H]3CC[C@H](Oc4cn[nH]c4C(C)C)C3)[nH]n2)on1. The summed E-state index contributed by atoms with van der Waals surface area (Å²) in [5, 5.41) is 21.0.